The summed E-state index contributed by atoms with van der Waals surface area (Å²) in [6, 6.07) is 0. The molecular weight excluding hydrogens is 180 g/mol. The number of sulfonamides is 1. The van der Waals surface area contributed by atoms with Gasteiger partial charge in [0.25, 0.3) is 0 Å². The van der Waals surface area contributed by atoms with Crippen LogP contribution in [0.2, 0.25) is 0 Å². The number of aromatic amines is 1. The highest BCUT2D eigenvalue weighted by molar-refractivity contribution is 7.92. The van der Waals surface area contributed by atoms with Gasteiger partial charge < -0.3 is 5.73 Å². The number of anilines is 1. The lowest BCUT2D eigenvalue weighted by Gasteiger charge is -2.01. The van der Waals surface area contributed by atoms with Gasteiger partial charge in [0.05, 0.1) is 12.5 Å². The average molecular weight is 190 g/mol. The van der Waals surface area contributed by atoms with Gasteiger partial charge in [-0.1, -0.05) is 0 Å². The lowest BCUT2D eigenvalue weighted by molar-refractivity contribution is 0.606. The summed E-state index contributed by atoms with van der Waals surface area (Å²) in [5.41, 5.74) is 5.96. The number of nitrogens with zero attached hydrogens (tertiary/aromatic N) is 1. The molecule has 7 heteroatoms. The standard InChI is InChI=1S/C5H10N4O2S/c1-12(10,11)9-5-4(2-6)3-7-8-5/h3H,2,6H2,1H3,(H2,7,8,9). The molecule has 6 nitrogen and oxygen atoms in total. The molecule has 1 heterocycles. The summed E-state index contributed by atoms with van der Waals surface area (Å²) in [4.78, 5) is 0. The van der Waals surface area contributed by atoms with Crippen molar-refractivity contribution < 1.29 is 8.42 Å². The van der Waals surface area contributed by atoms with Crippen molar-refractivity contribution in [1.29, 1.82) is 0 Å². The van der Waals surface area contributed by atoms with E-state index in [1.807, 2.05) is 0 Å². The molecule has 0 aromatic carbocycles. The molecule has 0 bridgehead atoms. The summed E-state index contributed by atoms with van der Waals surface area (Å²) in [5.74, 6) is 0.333. The van der Waals surface area contributed by atoms with Crippen molar-refractivity contribution in [2.75, 3.05) is 11.0 Å². The molecule has 68 valence electrons. The van der Waals surface area contributed by atoms with Crippen LogP contribution in [0.15, 0.2) is 6.20 Å². The minimum Gasteiger partial charge on any atom is -0.326 e. The molecule has 0 saturated carbocycles. The van der Waals surface area contributed by atoms with Gasteiger partial charge in [0.2, 0.25) is 10.0 Å². The maximum atomic E-state index is 10.8. The third-order valence-corrected chi connectivity index (χ3v) is 1.80. The van der Waals surface area contributed by atoms with Crippen LogP contribution in [0, 0.1) is 0 Å². The van der Waals surface area contributed by atoms with Crippen molar-refractivity contribution in [3.05, 3.63) is 11.8 Å². The Morgan fingerprint density at radius 1 is 1.75 bits per heavy atom. The predicted octanol–water partition coefficient (Wildman–Crippen LogP) is -0.760. The first-order valence-corrected chi connectivity index (χ1v) is 5.12. The normalized spacial score (nSPS) is 11.5. The van der Waals surface area contributed by atoms with Crippen LogP contribution in [0.1, 0.15) is 5.56 Å². The van der Waals surface area contributed by atoms with Crippen LogP contribution in [0.25, 0.3) is 0 Å². The summed E-state index contributed by atoms with van der Waals surface area (Å²) in [5, 5.41) is 6.14. The molecule has 0 radical (unpaired) electrons. The van der Waals surface area contributed by atoms with Gasteiger partial charge in [-0.05, 0) is 0 Å². The number of rotatable bonds is 3. The number of H-pyrrole nitrogens is 1. The fourth-order valence-electron chi connectivity index (χ4n) is 0.740. The van der Waals surface area contributed by atoms with Crippen LogP contribution in [-0.4, -0.2) is 24.9 Å². The smallest absolute Gasteiger partial charge is 0.230 e. The zero-order valence-corrected chi connectivity index (χ0v) is 7.35. The first kappa shape index (κ1) is 9.01. The van der Waals surface area contributed by atoms with E-state index in [-0.39, 0.29) is 6.54 Å². The van der Waals surface area contributed by atoms with Gasteiger partial charge in [-0.25, -0.2) is 8.42 Å². The topological polar surface area (TPSA) is 101 Å². The zero-order valence-electron chi connectivity index (χ0n) is 6.53. The molecule has 1 rings (SSSR count). The van der Waals surface area contributed by atoms with Crippen LogP contribution in [0.5, 0.6) is 0 Å². The van der Waals surface area contributed by atoms with Gasteiger partial charge in [-0.15, -0.1) is 0 Å². The van der Waals surface area contributed by atoms with Gasteiger partial charge in [-0.3, -0.25) is 9.82 Å². The minimum absolute atomic E-state index is 0.244. The second-order valence-corrected chi connectivity index (χ2v) is 4.10. The fourth-order valence-corrected chi connectivity index (χ4v) is 1.29. The van der Waals surface area contributed by atoms with Crippen LogP contribution in [0.3, 0.4) is 0 Å². The van der Waals surface area contributed by atoms with E-state index in [1.54, 1.807) is 0 Å². The average Bonchev–Trinajstić information content (AvgIpc) is 2.31. The molecule has 1 aromatic rings. The molecular formula is C5H10N4O2S. The first-order valence-electron chi connectivity index (χ1n) is 3.23. The Hall–Kier alpha value is -1.08. The number of nitrogens with one attached hydrogen (secondary N) is 2. The SMILES string of the molecule is CS(=O)(=O)Nc1[nH]ncc1CN. The van der Waals surface area contributed by atoms with E-state index in [9.17, 15) is 8.42 Å². The maximum Gasteiger partial charge on any atom is 0.230 e. The van der Waals surface area contributed by atoms with E-state index < -0.39 is 10.0 Å². The number of hydrogen-bond donors (Lipinski definition) is 3. The second kappa shape index (κ2) is 3.11. The number of aromatic nitrogens is 2. The number of nitrogens with two attached hydrogens (primary N) is 1. The highest BCUT2D eigenvalue weighted by atomic mass is 32.2. The minimum atomic E-state index is -3.26. The highest BCUT2D eigenvalue weighted by Crippen LogP contribution is 2.10. The molecule has 12 heavy (non-hydrogen) atoms. The molecule has 0 aliphatic carbocycles. The monoisotopic (exact) mass is 190 g/mol. The van der Waals surface area contributed by atoms with Crippen molar-refractivity contribution in [3.8, 4) is 0 Å². The summed E-state index contributed by atoms with van der Waals surface area (Å²) in [7, 11) is -3.26. The van der Waals surface area contributed by atoms with E-state index in [0.29, 0.717) is 11.4 Å². The highest BCUT2D eigenvalue weighted by Gasteiger charge is 2.07. The molecule has 0 atom stereocenters. The molecule has 0 spiro atoms. The lowest BCUT2D eigenvalue weighted by Crippen LogP contribution is -2.12. The number of hydrogen-bond acceptors (Lipinski definition) is 4. The predicted molar refractivity (Wildman–Crippen MR) is 44.9 cm³/mol. The Labute approximate surface area is 70.2 Å². The lowest BCUT2D eigenvalue weighted by atomic mass is 10.3. The quantitative estimate of drug-likeness (QED) is 0.583. The third kappa shape index (κ3) is 2.21. The van der Waals surface area contributed by atoms with Crippen molar-refractivity contribution in [3.63, 3.8) is 0 Å². The Morgan fingerprint density at radius 2 is 2.42 bits per heavy atom. The fraction of sp³-hybridized carbons (Fsp3) is 0.400. The van der Waals surface area contributed by atoms with Crippen molar-refractivity contribution in [2.45, 2.75) is 6.54 Å². The van der Waals surface area contributed by atoms with Gasteiger partial charge in [0.1, 0.15) is 5.82 Å². The Kier molecular flexibility index (Phi) is 2.34. The third-order valence-electron chi connectivity index (χ3n) is 1.23. The maximum absolute atomic E-state index is 10.8. The van der Waals surface area contributed by atoms with E-state index in [1.165, 1.54) is 6.20 Å². The molecule has 0 amide bonds. The molecule has 0 aliphatic rings. The van der Waals surface area contributed by atoms with Gasteiger partial charge in [0.15, 0.2) is 0 Å². The Morgan fingerprint density at radius 3 is 2.92 bits per heavy atom. The first-order chi connectivity index (χ1) is 5.53. The Balaban J connectivity index is 2.89. The molecule has 1 aromatic heterocycles. The van der Waals surface area contributed by atoms with E-state index in [2.05, 4.69) is 14.9 Å². The second-order valence-electron chi connectivity index (χ2n) is 2.35. The van der Waals surface area contributed by atoms with Crippen LogP contribution < -0.4 is 10.5 Å². The molecule has 0 aliphatic heterocycles. The van der Waals surface area contributed by atoms with Crippen molar-refractivity contribution in [1.82, 2.24) is 10.2 Å². The van der Waals surface area contributed by atoms with Gasteiger partial charge in [-0.2, -0.15) is 5.10 Å². The van der Waals surface area contributed by atoms with Crippen LogP contribution in [-0.2, 0) is 16.6 Å². The van der Waals surface area contributed by atoms with Gasteiger partial charge >= 0.3 is 0 Å². The van der Waals surface area contributed by atoms with Crippen molar-refractivity contribution in [2.24, 2.45) is 5.73 Å². The molecule has 0 fully saturated rings. The molecule has 0 unspecified atom stereocenters. The summed E-state index contributed by atoms with van der Waals surface area (Å²) >= 11 is 0. The summed E-state index contributed by atoms with van der Waals surface area (Å²) < 4.78 is 23.8. The van der Waals surface area contributed by atoms with Crippen LogP contribution >= 0.6 is 0 Å². The molecule has 0 saturated heterocycles. The summed E-state index contributed by atoms with van der Waals surface area (Å²) in [6.07, 6.45) is 2.54. The van der Waals surface area contributed by atoms with Gasteiger partial charge in [0, 0.05) is 12.1 Å². The summed E-state index contributed by atoms with van der Waals surface area (Å²) in [6.45, 7) is 0.244. The largest absolute Gasteiger partial charge is 0.326 e. The Bertz CT molecular complexity index is 355. The zero-order chi connectivity index (χ0) is 9.19. The van der Waals surface area contributed by atoms with E-state index >= 15 is 0 Å². The van der Waals surface area contributed by atoms with Crippen LogP contribution in [0.4, 0.5) is 5.82 Å². The van der Waals surface area contributed by atoms with E-state index in [0.717, 1.165) is 6.26 Å². The van der Waals surface area contributed by atoms with Crippen molar-refractivity contribution >= 4 is 15.8 Å². The van der Waals surface area contributed by atoms with E-state index in [4.69, 9.17) is 5.73 Å². The molecule has 4 N–H and O–H groups in total.